The molecule has 0 saturated carbocycles. The first-order chi connectivity index (χ1) is 13.2. The number of rotatable bonds is 9. The lowest BCUT2D eigenvalue weighted by Gasteiger charge is -2.12. The second-order valence-electron chi connectivity index (χ2n) is 5.50. The van der Waals surface area contributed by atoms with Crippen molar-refractivity contribution in [2.75, 3.05) is 24.3 Å². The summed E-state index contributed by atoms with van der Waals surface area (Å²) in [5.41, 5.74) is 1.86. The number of nitrogens with zero attached hydrogens (tertiary/aromatic N) is 4. The molecular weight excluding hydrogens is 386 g/mol. The Morgan fingerprint density at radius 2 is 2.11 bits per heavy atom. The molecule has 4 N–H and O–H groups in total. The first kappa shape index (κ1) is 19.4. The van der Waals surface area contributed by atoms with Crippen molar-refractivity contribution in [1.82, 2.24) is 24.5 Å². The van der Waals surface area contributed by atoms with Crippen LogP contribution in [0.1, 0.15) is 5.56 Å². The topological polar surface area (TPSA) is 99.9 Å². The molecule has 2 heterocycles. The number of anilines is 3. The van der Waals surface area contributed by atoms with Gasteiger partial charge < -0.3 is 15.7 Å². The first-order valence-electron chi connectivity index (χ1n) is 8.28. The second-order valence-corrected chi connectivity index (χ2v) is 6.96. The Labute approximate surface area is 166 Å². The Bertz CT molecular complexity index is 889. The number of aromatic nitrogens is 4. The average Bonchev–Trinajstić information content (AvgIpc) is 3.11. The van der Waals surface area contributed by atoms with Gasteiger partial charge >= 0.3 is 0 Å². The fourth-order valence-corrected chi connectivity index (χ4v) is 3.17. The van der Waals surface area contributed by atoms with E-state index < -0.39 is 0 Å². The van der Waals surface area contributed by atoms with Crippen molar-refractivity contribution < 1.29 is 5.11 Å². The molecule has 0 radical (unpaired) electrons. The van der Waals surface area contributed by atoms with Gasteiger partial charge in [-0.25, -0.2) is 4.98 Å². The molecule has 0 aliphatic carbocycles. The zero-order valence-corrected chi connectivity index (χ0v) is 16.3. The fourth-order valence-electron chi connectivity index (χ4n) is 2.37. The fraction of sp³-hybridized carbons (Fsp3) is 0.235. The van der Waals surface area contributed by atoms with E-state index in [2.05, 4.69) is 42.6 Å². The molecule has 8 nitrogen and oxygen atoms in total. The Balaban J connectivity index is 1.70. The molecule has 2 aromatic heterocycles. The highest BCUT2D eigenvalue weighted by Crippen LogP contribution is 2.24. The monoisotopic (exact) mass is 405 g/mol. The predicted molar refractivity (Wildman–Crippen MR) is 108 cm³/mol. The van der Waals surface area contributed by atoms with Crippen LogP contribution in [-0.4, -0.2) is 38.5 Å². The molecule has 3 aromatic rings. The average molecular weight is 406 g/mol. The van der Waals surface area contributed by atoms with Crippen molar-refractivity contribution in [3.8, 4) is 0 Å². The maximum Gasteiger partial charge on any atom is 0.229 e. The van der Waals surface area contributed by atoms with Crippen LogP contribution in [0.5, 0.6) is 0 Å². The summed E-state index contributed by atoms with van der Waals surface area (Å²) >= 11 is 7.79. The Morgan fingerprint density at radius 3 is 2.93 bits per heavy atom. The van der Waals surface area contributed by atoms with E-state index in [1.54, 1.807) is 35.2 Å². The maximum absolute atomic E-state index is 8.96. The van der Waals surface area contributed by atoms with Gasteiger partial charge in [-0.15, -0.1) is 0 Å². The molecule has 0 spiro atoms. The maximum atomic E-state index is 8.96. The normalized spacial score (nSPS) is 10.8. The molecule has 0 amide bonds. The van der Waals surface area contributed by atoms with Gasteiger partial charge in [0, 0.05) is 17.6 Å². The van der Waals surface area contributed by atoms with Crippen molar-refractivity contribution >= 4 is 41.0 Å². The van der Waals surface area contributed by atoms with E-state index in [1.165, 1.54) is 0 Å². The molecular formula is C17H20ClN7OS. The number of aliphatic hydroxyl groups excluding tert-OH is 1. The van der Waals surface area contributed by atoms with Crippen LogP contribution in [0.25, 0.3) is 0 Å². The SMILES string of the molecule is CNSc1ccccc1CNc1nc(Nc2cnn(CCO)c2)ncc1Cl. The summed E-state index contributed by atoms with van der Waals surface area (Å²) in [4.78, 5) is 9.77. The Morgan fingerprint density at radius 1 is 1.26 bits per heavy atom. The second kappa shape index (κ2) is 9.56. The Kier molecular flexibility index (Phi) is 6.88. The van der Waals surface area contributed by atoms with Crippen LogP contribution >= 0.6 is 23.5 Å². The zero-order valence-electron chi connectivity index (χ0n) is 14.7. The molecule has 0 saturated heterocycles. The summed E-state index contributed by atoms with van der Waals surface area (Å²) in [7, 11) is 1.89. The summed E-state index contributed by atoms with van der Waals surface area (Å²) in [6.45, 7) is 1.04. The number of benzene rings is 1. The van der Waals surface area contributed by atoms with Crippen molar-refractivity contribution in [1.29, 1.82) is 0 Å². The van der Waals surface area contributed by atoms with Crippen LogP contribution in [0.4, 0.5) is 17.5 Å². The number of hydrogen-bond donors (Lipinski definition) is 4. The number of halogens is 1. The summed E-state index contributed by atoms with van der Waals surface area (Å²) in [5, 5.41) is 19.9. The van der Waals surface area contributed by atoms with Gasteiger partial charge in [0.25, 0.3) is 0 Å². The van der Waals surface area contributed by atoms with Gasteiger partial charge in [-0.1, -0.05) is 29.8 Å². The molecule has 0 bridgehead atoms. The molecule has 0 aliphatic rings. The van der Waals surface area contributed by atoms with Gasteiger partial charge in [0.15, 0.2) is 5.82 Å². The van der Waals surface area contributed by atoms with E-state index in [9.17, 15) is 0 Å². The minimum atomic E-state index is 0.0277. The van der Waals surface area contributed by atoms with Crippen LogP contribution in [0.3, 0.4) is 0 Å². The van der Waals surface area contributed by atoms with Crippen molar-refractivity contribution in [3.63, 3.8) is 0 Å². The number of aliphatic hydroxyl groups is 1. The minimum Gasteiger partial charge on any atom is -0.394 e. The van der Waals surface area contributed by atoms with Crippen LogP contribution in [0.2, 0.25) is 5.02 Å². The van der Waals surface area contributed by atoms with E-state index in [0.29, 0.717) is 29.9 Å². The van der Waals surface area contributed by atoms with Crippen LogP contribution in [0, 0.1) is 0 Å². The van der Waals surface area contributed by atoms with Crippen LogP contribution in [0.15, 0.2) is 47.8 Å². The Hall–Kier alpha value is -2.33. The van der Waals surface area contributed by atoms with E-state index in [0.717, 1.165) is 16.1 Å². The summed E-state index contributed by atoms with van der Waals surface area (Å²) in [6, 6.07) is 8.10. The van der Waals surface area contributed by atoms with E-state index in [4.69, 9.17) is 16.7 Å². The van der Waals surface area contributed by atoms with Crippen LogP contribution in [-0.2, 0) is 13.1 Å². The molecule has 0 unspecified atom stereocenters. The minimum absolute atomic E-state index is 0.0277. The molecule has 27 heavy (non-hydrogen) atoms. The van der Waals surface area contributed by atoms with Gasteiger partial charge in [0.05, 0.1) is 31.2 Å². The quantitative estimate of drug-likeness (QED) is 0.403. The highest BCUT2D eigenvalue weighted by atomic mass is 35.5. The predicted octanol–water partition coefficient (Wildman–Crippen LogP) is 2.90. The largest absolute Gasteiger partial charge is 0.394 e. The lowest BCUT2D eigenvalue weighted by Crippen LogP contribution is -2.06. The highest BCUT2D eigenvalue weighted by molar-refractivity contribution is 7.97. The third-order valence-electron chi connectivity index (χ3n) is 3.59. The third kappa shape index (κ3) is 5.33. The molecule has 0 atom stereocenters. The number of nitrogens with one attached hydrogen (secondary N) is 3. The van der Waals surface area contributed by atoms with Gasteiger partial charge in [0.1, 0.15) is 5.02 Å². The van der Waals surface area contributed by atoms with Crippen molar-refractivity contribution in [2.45, 2.75) is 18.0 Å². The summed E-state index contributed by atoms with van der Waals surface area (Å²) in [5.74, 6) is 0.949. The lowest BCUT2D eigenvalue weighted by molar-refractivity contribution is 0.269. The van der Waals surface area contributed by atoms with Crippen molar-refractivity contribution in [2.24, 2.45) is 0 Å². The van der Waals surface area contributed by atoms with Crippen LogP contribution < -0.4 is 15.4 Å². The van der Waals surface area contributed by atoms with Crippen molar-refractivity contribution in [3.05, 3.63) is 53.4 Å². The van der Waals surface area contributed by atoms with Gasteiger partial charge in [0.2, 0.25) is 5.95 Å². The summed E-state index contributed by atoms with van der Waals surface area (Å²) < 4.78 is 4.72. The lowest BCUT2D eigenvalue weighted by atomic mass is 10.2. The highest BCUT2D eigenvalue weighted by Gasteiger charge is 2.08. The first-order valence-corrected chi connectivity index (χ1v) is 9.47. The third-order valence-corrected chi connectivity index (χ3v) is 4.69. The van der Waals surface area contributed by atoms with Gasteiger partial charge in [-0.3, -0.25) is 9.40 Å². The standard InChI is InChI=1S/C17H20ClN7OS/c1-19-27-15-5-3-2-4-12(15)8-20-16-14(18)10-21-17(24-16)23-13-9-22-25(11-13)6-7-26/h2-5,9-11,19,26H,6-8H2,1H3,(H2,20,21,23,24). The summed E-state index contributed by atoms with van der Waals surface area (Å²) in [6.07, 6.45) is 4.96. The number of hydrogen-bond acceptors (Lipinski definition) is 8. The van der Waals surface area contributed by atoms with Gasteiger partial charge in [-0.2, -0.15) is 10.1 Å². The molecule has 3 rings (SSSR count). The molecule has 10 heteroatoms. The smallest absolute Gasteiger partial charge is 0.229 e. The molecule has 0 aliphatic heterocycles. The molecule has 0 fully saturated rings. The van der Waals surface area contributed by atoms with E-state index >= 15 is 0 Å². The van der Waals surface area contributed by atoms with E-state index in [-0.39, 0.29) is 6.61 Å². The molecule has 142 valence electrons. The zero-order chi connectivity index (χ0) is 19.1. The van der Waals surface area contributed by atoms with E-state index in [1.807, 2.05) is 19.2 Å². The van der Waals surface area contributed by atoms with Gasteiger partial charge in [-0.05, 0) is 30.6 Å². The molecule has 1 aromatic carbocycles.